The molecule has 1 radical (unpaired) electrons. The Labute approximate surface area is 151 Å². The molecule has 0 saturated carbocycles. The van der Waals surface area contributed by atoms with E-state index < -0.39 is 0 Å². The van der Waals surface area contributed by atoms with Crippen LogP contribution in [-0.4, -0.2) is 18.9 Å². The van der Waals surface area contributed by atoms with Gasteiger partial charge in [0.15, 0.2) is 5.78 Å². The lowest BCUT2D eigenvalue weighted by Crippen LogP contribution is -2.37. The van der Waals surface area contributed by atoms with Crippen LogP contribution in [0, 0.1) is 12.8 Å². The number of hydrogen-bond acceptors (Lipinski definition) is 2. The van der Waals surface area contributed by atoms with Gasteiger partial charge in [0.25, 0.3) is 0 Å². The minimum atomic E-state index is 0.129. The van der Waals surface area contributed by atoms with Crippen molar-refractivity contribution in [1.82, 2.24) is 0 Å². The van der Waals surface area contributed by atoms with Gasteiger partial charge in [0.1, 0.15) is 0 Å². The zero-order chi connectivity index (χ0) is 18.0. The summed E-state index contributed by atoms with van der Waals surface area (Å²) in [5.41, 5.74) is 4.59. The molecule has 1 fully saturated rings. The maximum Gasteiger partial charge on any atom is 0.166 e. The zero-order valence-corrected chi connectivity index (χ0v) is 15.6. The summed E-state index contributed by atoms with van der Waals surface area (Å²) in [5, 5.41) is 0. The molecule has 0 unspecified atom stereocenters. The summed E-state index contributed by atoms with van der Waals surface area (Å²) in [4.78, 5) is 15.1. The highest BCUT2D eigenvalue weighted by molar-refractivity contribution is 5.97. The fourth-order valence-corrected chi connectivity index (χ4v) is 3.55. The summed E-state index contributed by atoms with van der Waals surface area (Å²) in [6.45, 7) is 12.8. The maximum absolute atomic E-state index is 12.7. The van der Waals surface area contributed by atoms with Crippen molar-refractivity contribution >= 4 is 11.5 Å². The molecule has 1 saturated heterocycles. The summed E-state index contributed by atoms with van der Waals surface area (Å²) in [6, 6.07) is 16.3. The fraction of sp³-hybridized carbons (Fsp3) is 0.391. The van der Waals surface area contributed by atoms with Crippen LogP contribution in [0.15, 0.2) is 48.5 Å². The maximum atomic E-state index is 12.7. The van der Waals surface area contributed by atoms with Gasteiger partial charge in [0.05, 0.1) is 0 Å². The van der Waals surface area contributed by atoms with Crippen LogP contribution in [0.1, 0.15) is 55.1 Å². The van der Waals surface area contributed by atoms with Crippen LogP contribution in [0.5, 0.6) is 0 Å². The molecule has 0 spiro atoms. The number of benzene rings is 2. The van der Waals surface area contributed by atoms with E-state index in [-0.39, 0.29) is 11.3 Å². The number of carbonyl (C=O) groups is 1. The molecule has 1 heterocycles. The van der Waals surface area contributed by atoms with E-state index >= 15 is 0 Å². The predicted molar refractivity (Wildman–Crippen MR) is 105 cm³/mol. The molecule has 1 aliphatic heterocycles. The van der Waals surface area contributed by atoms with Gasteiger partial charge in [-0.2, -0.15) is 0 Å². The molecule has 2 aromatic rings. The molecule has 0 aromatic heterocycles. The highest BCUT2D eigenvalue weighted by Gasteiger charge is 2.27. The zero-order valence-electron chi connectivity index (χ0n) is 15.6. The number of anilines is 1. The molecule has 0 amide bonds. The van der Waals surface area contributed by atoms with Gasteiger partial charge in [-0.3, -0.25) is 4.79 Å². The first-order valence-corrected chi connectivity index (χ1v) is 9.17. The number of carbonyl (C=O) groups excluding carboxylic acids is 1. The lowest BCUT2D eigenvalue weighted by molar-refractivity contribution is 0.0900. The summed E-state index contributed by atoms with van der Waals surface area (Å²) in [5.74, 6) is 0.427. The number of hydrogen-bond donors (Lipinski definition) is 0. The molecule has 0 atom stereocenters. The molecule has 0 aliphatic carbocycles. The summed E-state index contributed by atoms with van der Waals surface area (Å²) < 4.78 is 0. The van der Waals surface area contributed by atoms with Crippen LogP contribution in [0.4, 0.5) is 5.69 Å². The smallest absolute Gasteiger partial charge is 0.166 e. The topological polar surface area (TPSA) is 20.3 Å². The van der Waals surface area contributed by atoms with Gasteiger partial charge in [-0.15, -0.1) is 0 Å². The minimum Gasteiger partial charge on any atom is -0.371 e. The van der Waals surface area contributed by atoms with Crippen molar-refractivity contribution in [2.24, 2.45) is 5.92 Å². The fourth-order valence-electron chi connectivity index (χ4n) is 3.55. The van der Waals surface area contributed by atoms with E-state index in [9.17, 15) is 4.79 Å². The molecule has 131 valence electrons. The number of nitrogens with zero attached hydrogens (tertiary/aromatic N) is 1. The molecule has 25 heavy (non-hydrogen) atoms. The number of rotatable bonds is 3. The normalized spacial score (nSPS) is 16.1. The highest BCUT2D eigenvalue weighted by Crippen LogP contribution is 2.32. The van der Waals surface area contributed by atoms with Crippen molar-refractivity contribution in [2.75, 3.05) is 18.0 Å². The van der Waals surface area contributed by atoms with Crippen molar-refractivity contribution in [3.05, 3.63) is 72.1 Å². The van der Waals surface area contributed by atoms with Crippen molar-refractivity contribution in [3.8, 4) is 0 Å². The number of ketones is 1. The Balaban J connectivity index is 1.71. The van der Waals surface area contributed by atoms with E-state index in [1.807, 2.05) is 30.3 Å². The van der Waals surface area contributed by atoms with Gasteiger partial charge in [-0.1, -0.05) is 63.2 Å². The van der Waals surface area contributed by atoms with Gasteiger partial charge in [0, 0.05) is 30.3 Å². The first-order chi connectivity index (χ1) is 11.9. The Hall–Kier alpha value is -2.09. The van der Waals surface area contributed by atoms with Gasteiger partial charge >= 0.3 is 0 Å². The van der Waals surface area contributed by atoms with Crippen LogP contribution in [0.3, 0.4) is 0 Å². The van der Waals surface area contributed by atoms with Crippen LogP contribution in [0.25, 0.3) is 0 Å². The summed E-state index contributed by atoms with van der Waals surface area (Å²) in [7, 11) is 0. The molecule has 0 N–H and O–H groups in total. The first kappa shape index (κ1) is 17.7. The third-order valence-corrected chi connectivity index (χ3v) is 5.22. The van der Waals surface area contributed by atoms with Crippen LogP contribution in [-0.2, 0) is 5.41 Å². The average Bonchev–Trinajstić information content (AvgIpc) is 2.61. The van der Waals surface area contributed by atoms with Crippen LogP contribution in [0.2, 0.25) is 0 Å². The third-order valence-electron chi connectivity index (χ3n) is 5.22. The van der Waals surface area contributed by atoms with E-state index in [1.165, 1.54) is 11.3 Å². The number of Topliss-reactive ketones (excluding diaryl/α,β-unsaturated/α-hetero) is 1. The highest BCUT2D eigenvalue weighted by atomic mass is 16.1. The second kappa shape index (κ2) is 7.03. The Morgan fingerprint density at radius 1 is 1.04 bits per heavy atom. The Bertz CT molecular complexity index is 734. The van der Waals surface area contributed by atoms with E-state index in [0.29, 0.717) is 5.78 Å². The van der Waals surface area contributed by atoms with Gasteiger partial charge in [-0.05, 0) is 42.4 Å². The Kier molecular flexibility index (Phi) is 4.99. The molecular weight excluding hydrogens is 306 g/mol. The van der Waals surface area contributed by atoms with Crippen LogP contribution < -0.4 is 4.90 Å². The minimum absolute atomic E-state index is 0.129. The van der Waals surface area contributed by atoms with Gasteiger partial charge < -0.3 is 4.90 Å². The monoisotopic (exact) mass is 334 g/mol. The quantitative estimate of drug-likeness (QED) is 0.713. The third kappa shape index (κ3) is 3.95. The molecular formula is C23H28NO. The lowest BCUT2D eigenvalue weighted by atomic mass is 9.85. The predicted octanol–water partition coefficient (Wildman–Crippen LogP) is 5.27. The van der Waals surface area contributed by atoms with Crippen molar-refractivity contribution in [1.29, 1.82) is 0 Å². The van der Waals surface area contributed by atoms with Crippen LogP contribution >= 0.6 is 0 Å². The molecule has 2 nitrogen and oxygen atoms in total. The van der Waals surface area contributed by atoms with Crippen molar-refractivity contribution < 1.29 is 4.79 Å². The van der Waals surface area contributed by atoms with Crippen molar-refractivity contribution in [3.63, 3.8) is 0 Å². The van der Waals surface area contributed by atoms with Crippen molar-refractivity contribution in [2.45, 2.75) is 39.0 Å². The molecule has 3 rings (SSSR count). The summed E-state index contributed by atoms with van der Waals surface area (Å²) in [6.07, 6.45) is 1.82. The number of piperidine rings is 1. The second-order valence-electron chi connectivity index (χ2n) is 8.09. The average molecular weight is 334 g/mol. The second-order valence-corrected chi connectivity index (χ2v) is 8.09. The van der Waals surface area contributed by atoms with E-state index in [4.69, 9.17) is 0 Å². The summed E-state index contributed by atoms with van der Waals surface area (Å²) >= 11 is 0. The largest absolute Gasteiger partial charge is 0.371 e. The molecule has 0 bridgehead atoms. The molecule has 2 heteroatoms. The Morgan fingerprint density at radius 2 is 1.68 bits per heavy atom. The van der Waals surface area contributed by atoms with Gasteiger partial charge in [0.2, 0.25) is 0 Å². The van der Waals surface area contributed by atoms with E-state index in [2.05, 4.69) is 50.8 Å². The lowest BCUT2D eigenvalue weighted by Gasteiger charge is -2.35. The van der Waals surface area contributed by atoms with E-state index in [1.54, 1.807) is 0 Å². The van der Waals surface area contributed by atoms with E-state index in [0.717, 1.165) is 37.1 Å². The first-order valence-electron chi connectivity index (χ1n) is 9.17. The molecule has 1 aliphatic rings. The molecule has 2 aromatic carbocycles. The SMILES string of the molecule is [CH2]c1ccc(C(C)(C)C)cc1N1CCC(C(=O)c2ccccc2)CC1. The Morgan fingerprint density at radius 3 is 2.28 bits per heavy atom. The van der Waals surface area contributed by atoms with Gasteiger partial charge in [-0.25, -0.2) is 0 Å². The standard InChI is InChI=1S/C23H28NO/c1-17-10-11-20(23(2,3)4)16-21(17)24-14-12-19(13-15-24)22(25)18-8-6-5-7-9-18/h5-11,16,19H,1,12-15H2,2-4H3.